The Morgan fingerprint density at radius 2 is 2.30 bits per heavy atom. The number of hydrogen-bond acceptors (Lipinski definition) is 6. The van der Waals surface area contributed by atoms with Crippen LogP contribution in [0.15, 0.2) is 4.52 Å². The van der Waals surface area contributed by atoms with Gasteiger partial charge in [0.2, 0.25) is 0 Å². The summed E-state index contributed by atoms with van der Waals surface area (Å²) in [6.07, 6.45) is 1.66. The molecule has 0 saturated carbocycles. The van der Waals surface area contributed by atoms with Crippen molar-refractivity contribution in [2.75, 3.05) is 12.4 Å². The molecule has 2 aromatic heterocycles. The summed E-state index contributed by atoms with van der Waals surface area (Å²) in [6.45, 7) is 1.50. The first-order valence-corrected chi connectivity index (χ1v) is 8.84. The zero-order valence-electron chi connectivity index (χ0n) is 12.9. The summed E-state index contributed by atoms with van der Waals surface area (Å²) >= 11 is 1.84. The van der Waals surface area contributed by atoms with Gasteiger partial charge in [-0.1, -0.05) is 5.16 Å². The Bertz CT molecular complexity index is 752. The number of nitrogens with zero attached hydrogens (tertiary/aromatic N) is 3. The van der Waals surface area contributed by atoms with Crippen molar-refractivity contribution in [1.82, 2.24) is 20.3 Å². The second-order valence-corrected chi connectivity index (χ2v) is 6.82. The van der Waals surface area contributed by atoms with Gasteiger partial charge in [0, 0.05) is 36.8 Å². The van der Waals surface area contributed by atoms with E-state index in [9.17, 15) is 4.79 Å². The van der Waals surface area contributed by atoms with Crippen molar-refractivity contribution in [3.8, 4) is 0 Å². The lowest BCUT2D eigenvalue weighted by molar-refractivity contribution is 0.0937. The molecular weight excluding hydrogens is 316 g/mol. The van der Waals surface area contributed by atoms with Crippen LogP contribution in [-0.4, -0.2) is 33.2 Å². The Morgan fingerprint density at radius 3 is 3.22 bits per heavy atom. The summed E-state index contributed by atoms with van der Waals surface area (Å²) < 4.78 is 12.4. The topological polar surface area (TPSA) is 82.2 Å². The largest absolute Gasteiger partial charge is 0.376 e. The molecule has 4 rings (SSSR count). The summed E-state index contributed by atoms with van der Waals surface area (Å²) in [5.41, 5.74) is 4.48. The summed E-state index contributed by atoms with van der Waals surface area (Å²) in [5.74, 6) is 2.67. The molecule has 4 heterocycles. The molecule has 0 aromatic carbocycles. The normalized spacial score (nSPS) is 16.7. The number of hydrogen-bond donors (Lipinski definition) is 1. The maximum Gasteiger partial charge on any atom is 0.270 e. The third kappa shape index (κ3) is 2.66. The van der Waals surface area contributed by atoms with E-state index in [0.29, 0.717) is 25.5 Å². The van der Waals surface area contributed by atoms with Gasteiger partial charge in [0.05, 0.1) is 25.5 Å². The highest BCUT2D eigenvalue weighted by molar-refractivity contribution is 7.98. The van der Waals surface area contributed by atoms with Crippen LogP contribution in [0.5, 0.6) is 0 Å². The van der Waals surface area contributed by atoms with Gasteiger partial charge in [-0.25, -0.2) is 0 Å². The van der Waals surface area contributed by atoms with E-state index in [1.165, 1.54) is 0 Å². The first-order valence-electron chi connectivity index (χ1n) is 7.68. The van der Waals surface area contributed by atoms with Crippen LogP contribution < -0.4 is 5.32 Å². The highest BCUT2D eigenvalue weighted by atomic mass is 32.2. The van der Waals surface area contributed by atoms with Crippen LogP contribution in [0.4, 0.5) is 0 Å². The second kappa shape index (κ2) is 6.01. The van der Waals surface area contributed by atoms with Crippen molar-refractivity contribution in [3.05, 3.63) is 34.0 Å². The van der Waals surface area contributed by atoms with E-state index in [1.54, 1.807) is 4.68 Å². The summed E-state index contributed by atoms with van der Waals surface area (Å²) in [6, 6.07) is 0. The van der Waals surface area contributed by atoms with E-state index < -0.39 is 0 Å². The number of nitrogens with one attached hydrogen (secondary N) is 1. The number of carbonyl (C=O) groups is 1. The van der Waals surface area contributed by atoms with Crippen molar-refractivity contribution in [2.45, 2.75) is 31.7 Å². The fourth-order valence-electron chi connectivity index (χ4n) is 3.07. The number of fused-ring (bicyclic) bond motifs is 2. The molecule has 23 heavy (non-hydrogen) atoms. The smallest absolute Gasteiger partial charge is 0.270 e. The average molecular weight is 334 g/mol. The molecule has 0 bridgehead atoms. The van der Waals surface area contributed by atoms with Gasteiger partial charge in [0.25, 0.3) is 5.91 Å². The zero-order valence-corrected chi connectivity index (χ0v) is 13.7. The number of rotatable bonds is 3. The molecule has 2 aromatic rings. The highest BCUT2D eigenvalue weighted by Crippen LogP contribution is 2.27. The van der Waals surface area contributed by atoms with Gasteiger partial charge in [0.1, 0.15) is 17.1 Å². The standard InChI is InChI=1S/C15H18N4O3S/c1-19-14(10-8-23-5-3-11(10)17-19)15(20)16-6-12-9-7-21-4-2-13(9)22-18-12/h2-8H2,1H3,(H,16,20). The molecule has 122 valence electrons. The van der Waals surface area contributed by atoms with Gasteiger partial charge in [-0.2, -0.15) is 16.9 Å². The Hall–Kier alpha value is -1.80. The molecule has 7 nitrogen and oxygen atoms in total. The maximum atomic E-state index is 12.6. The SMILES string of the molecule is Cn1nc2c(c1C(=O)NCc1noc3c1COCC3)CSCC2. The van der Waals surface area contributed by atoms with E-state index in [1.807, 2.05) is 18.8 Å². The number of ether oxygens (including phenoxy) is 1. The van der Waals surface area contributed by atoms with Crippen molar-refractivity contribution in [2.24, 2.45) is 7.05 Å². The van der Waals surface area contributed by atoms with E-state index in [0.717, 1.165) is 52.6 Å². The van der Waals surface area contributed by atoms with Crippen LogP contribution in [-0.2, 0) is 43.5 Å². The van der Waals surface area contributed by atoms with Crippen LogP contribution in [0.2, 0.25) is 0 Å². The van der Waals surface area contributed by atoms with Crippen LogP contribution in [0.25, 0.3) is 0 Å². The first-order chi connectivity index (χ1) is 11.2. The molecule has 2 aliphatic rings. The molecule has 0 aliphatic carbocycles. The molecular formula is C15H18N4O3S. The minimum Gasteiger partial charge on any atom is -0.376 e. The van der Waals surface area contributed by atoms with Crippen LogP contribution in [0, 0.1) is 0 Å². The zero-order chi connectivity index (χ0) is 15.8. The monoisotopic (exact) mass is 334 g/mol. The molecule has 8 heteroatoms. The molecule has 0 spiro atoms. The van der Waals surface area contributed by atoms with Crippen LogP contribution >= 0.6 is 11.8 Å². The Kier molecular flexibility index (Phi) is 3.86. The average Bonchev–Trinajstić information content (AvgIpc) is 3.12. The lowest BCUT2D eigenvalue weighted by Gasteiger charge is -2.12. The van der Waals surface area contributed by atoms with E-state index in [-0.39, 0.29) is 5.91 Å². The van der Waals surface area contributed by atoms with Gasteiger partial charge >= 0.3 is 0 Å². The number of thioether (sulfide) groups is 1. The molecule has 0 atom stereocenters. The molecule has 0 unspecified atom stereocenters. The summed E-state index contributed by atoms with van der Waals surface area (Å²) in [4.78, 5) is 12.6. The minimum absolute atomic E-state index is 0.114. The third-order valence-corrected chi connectivity index (χ3v) is 5.25. The molecule has 1 amide bonds. The third-order valence-electron chi connectivity index (χ3n) is 4.26. The number of amides is 1. The van der Waals surface area contributed by atoms with Gasteiger partial charge < -0.3 is 14.6 Å². The van der Waals surface area contributed by atoms with Gasteiger partial charge in [-0.3, -0.25) is 9.48 Å². The van der Waals surface area contributed by atoms with E-state index in [2.05, 4.69) is 15.6 Å². The van der Waals surface area contributed by atoms with Gasteiger partial charge in [0.15, 0.2) is 0 Å². The number of carbonyl (C=O) groups excluding carboxylic acids is 1. The van der Waals surface area contributed by atoms with E-state index >= 15 is 0 Å². The quantitative estimate of drug-likeness (QED) is 0.908. The predicted molar refractivity (Wildman–Crippen MR) is 84.1 cm³/mol. The van der Waals surface area contributed by atoms with Crippen molar-refractivity contribution in [1.29, 1.82) is 0 Å². The fraction of sp³-hybridized carbons (Fsp3) is 0.533. The van der Waals surface area contributed by atoms with Crippen LogP contribution in [0.3, 0.4) is 0 Å². The Labute approximate surface area is 137 Å². The first kappa shape index (κ1) is 14.8. The van der Waals surface area contributed by atoms with E-state index in [4.69, 9.17) is 9.26 Å². The second-order valence-electron chi connectivity index (χ2n) is 5.72. The molecule has 0 fully saturated rings. The summed E-state index contributed by atoms with van der Waals surface area (Å²) in [7, 11) is 1.82. The molecule has 0 saturated heterocycles. The Balaban J connectivity index is 1.51. The van der Waals surface area contributed by atoms with Gasteiger partial charge in [-0.15, -0.1) is 0 Å². The predicted octanol–water partition coefficient (Wildman–Crippen LogP) is 1.20. The van der Waals surface area contributed by atoms with Crippen molar-refractivity contribution < 1.29 is 14.1 Å². The summed E-state index contributed by atoms with van der Waals surface area (Å²) in [5, 5.41) is 11.5. The fourth-order valence-corrected chi connectivity index (χ4v) is 4.06. The van der Waals surface area contributed by atoms with Crippen LogP contribution in [0.1, 0.15) is 38.8 Å². The Morgan fingerprint density at radius 1 is 1.39 bits per heavy atom. The van der Waals surface area contributed by atoms with Crippen molar-refractivity contribution in [3.63, 3.8) is 0 Å². The minimum atomic E-state index is -0.114. The lowest BCUT2D eigenvalue weighted by Crippen LogP contribution is -2.27. The number of aryl methyl sites for hydroxylation is 2. The molecule has 0 radical (unpaired) electrons. The highest BCUT2D eigenvalue weighted by Gasteiger charge is 2.25. The lowest BCUT2D eigenvalue weighted by atomic mass is 10.1. The van der Waals surface area contributed by atoms with Crippen molar-refractivity contribution >= 4 is 17.7 Å². The molecule has 2 aliphatic heterocycles. The number of aromatic nitrogens is 3. The van der Waals surface area contributed by atoms with Gasteiger partial charge in [-0.05, 0) is 5.75 Å². The maximum absolute atomic E-state index is 12.6. The molecule has 1 N–H and O–H groups in total.